The van der Waals surface area contributed by atoms with Gasteiger partial charge in [-0.3, -0.25) is 10.3 Å². The predicted octanol–water partition coefficient (Wildman–Crippen LogP) is 2.51. The number of hydrogen-bond donors (Lipinski definition) is 3. The van der Waals surface area contributed by atoms with E-state index in [0.29, 0.717) is 16.9 Å². The molecule has 0 saturated heterocycles. The Balaban J connectivity index is 2.86. The number of ether oxygens (including phenoxy) is 1. The molecule has 7 heteroatoms. The molecule has 120 valence electrons. The van der Waals surface area contributed by atoms with Gasteiger partial charge in [-0.1, -0.05) is 0 Å². The molecular weight excluding hydrogens is 286 g/mol. The fourth-order valence-electron chi connectivity index (χ4n) is 1.44. The van der Waals surface area contributed by atoms with Crippen molar-refractivity contribution in [3.8, 4) is 0 Å². The normalized spacial score (nSPS) is 12.9. The van der Waals surface area contributed by atoms with Gasteiger partial charge in [0, 0.05) is 23.2 Å². The standard InChI is InChI=1S/C15H21N3O4/c1-9(13(19)20)17-8-10-7-11(5-6-12(10)16)18-14(21)22-15(2,3)4/h5-9H,16H2,1-4H3,(H,18,21)(H,19,20). The highest BCUT2D eigenvalue weighted by Gasteiger charge is 2.16. The molecule has 0 radical (unpaired) electrons. The minimum absolute atomic E-state index is 0.427. The number of nitrogen functional groups attached to an aromatic ring is 1. The van der Waals surface area contributed by atoms with Crippen molar-refractivity contribution < 1.29 is 19.4 Å². The van der Waals surface area contributed by atoms with E-state index in [1.165, 1.54) is 13.1 Å². The van der Waals surface area contributed by atoms with Gasteiger partial charge in [-0.25, -0.2) is 9.59 Å². The van der Waals surface area contributed by atoms with Crippen molar-refractivity contribution in [3.63, 3.8) is 0 Å². The molecule has 0 saturated carbocycles. The Bertz CT molecular complexity index is 591. The second-order valence-corrected chi connectivity index (χ2v) is 5.76. The molecule has 0 aromatic heterocycles. The van der Waals surface area contributed by atoms with Crippen LogP contribution in [0.4, 0.5) is 16.2 Å². The summed E-state index contributed by atoms with van der Waals surface area (Å²) in [6, 6.07) is 3.94. The maximum absolute atomic E-state index is 11.7. The maximum Gasteiger partial charge on any atom is 0.412 e. The van der Waals surface area contributed by atoms with Crippen molar-refractivity contribution in [2.75, 3.05) is 11.1 Å². The topological polar surface area (TPSA) is 114 Å². The molecule has 0 fully saturated rings. The van der Waals surface area contributed by atoms with E-state index in [2.05, 4.69) is 10.3 Å². The lowest BCUT2D eigenvalue weighted by molar-refractivity contribution is -0.137. The Morgan fingerprint density at radius 1 is 1.41 bits per heavy atom. The molecule has 1 atom stereocenters. The molecular formula is C15H21N3O4. The number of anilines is 2. The van der Waals surface area contributed by atoms with Crippen molar-refractivity contribution in [1.82, 2.24) is 0 Å². The number of carbonyl (C=O) groups is 2. The number of nitrogens with one attached hydrogen (secondary N) is 1. The number of aliphatic imine (C=N–C) groups is 1. The van der Waals surface area contributed by atoms with Crippen LogP contribution in [0.15, 0.2) is 23.2 Å². The fraction of sp³-hybridized carbons (Fsp3) is 0.400. The van der Waals surface area contributed by atoms with Gasteiger partial charge in [0.25, 0.3) is 0 Å². The molecule has 1 aromatic rings. The number of aliphatic carboxylic acids is 1. The summed E-state index contributed by atoms with van der Waals surface area (Å²) in [7, 11) is 0. The number of nitrogens with two attached hydrogens (primary N) is 1. The first kappa shape index (κ1) is 17.5. The van der Waals surface area contributed by atoms with Crippen LogP contribution in [0.5, 0.6) is 0 Å². The number of nitrogens with zero attached hydrogens (tertiary/aromatic N) is 1. The number of benzene rings is 1. The van der Waals surface area contributed by atoms with Gasteiger partial charge < -0.3 is 15.6 Å². The van der Waals surface area contributed by atoms with Gasteiger partial charge in [0.2, 0.25) is 0 Å². The van der Waals surface area contributed by atoms with E-state index in [4.69, 9.17) is 15.6 Å². The zero-order valence-corrected chi connectivity index (χ0v) is 13.1. The summed E-state index contributed by atoms with van der Waals surface area (Å²) in [5.41, 5.74) is 6.63. The molecule has 0 spiro atoms. The molecule has 0 aliphatic rings. The Labute approximate surface area is 129 Å². The fourth-order valence-corrected chi connectivity index (χ4v) is 1.44. The highest BCUT2D eigenvalue weighted by molar-refractivity contribution is 5.92. The summed E-state index contributed by atoms with van der Waals surface area (Å²) < 4.78 is 5.15. The first-order chi connectivity index (χ1) is 10.1. The lowest BCUT2D eigenvalue weighted by Crippen LogP contribution is -2.27. The van der Waals surface area contributed by atoms with Crippen molar-refractivity contribution in [2.24, 2.45) is 4.99 Å². The van der Waals surface area contributed by atoms with Crippen LogP contribution in [0.3, 0.4) is 0 Å². The third kappa shape index (κ3) is 5.82. The predicted molar refractivity (Wildman–Crippen MR) is 85.4 cm³/mol. The third-order valence-corrected chi connectivity index (χ3v) is 2.53. The minimum atomic E-state index is -1.03. The number of hydrogen-bond acceptors (Lipinski definition) is 5. The number of carboxylic acid groups (broad SMARTS) is 1. The van der Waals surface area contributed by atoms with E-state index in [9.17, 15) is 9.59 Å². The molecule has 0 bridgehead atoms. The van der Waals surface area contributed by atoms with Crippen molar-refractivity contribution in [1.29, 1.82) is 0 Å². The summed E-state index contributed by atoms with van der Waals surface area (Å²) in [6.45, 7) is 6.75. The molecule has 0 heterocycles. The minimum Gasteiger partial charge on any atom is -0.480 e. The van der Waals surface area contributed by atoms with Crippen molar-refractivity contribution in [3.05, 3.63) is 23.8 Å². The van der Waals surface area contributed by atoms with E-state index in [0.717, 1.165) is 0 Å². The molecule has 1 unspecified atom stereocenters. The molecule has 4 N–H and O–H groups in total. The van der Waals surface area contributed by atoms with Crippen molar-refractivity contribution in [2.45, 2.75) is 39.3 Å². The zero-order valence-electron chi connectivity index (χ0n) is 13.1. The summed E-state index contributed by atoms with van der Waals surface area (Å²) in [6.07, 6.45) is 0.785. The highest BCUT2D eigenvalue weighted by Crippen LogP contribution is 2.18. The Morgan fingerprint density at radius 3 is 2.59 bits per heavy atom. The smallest absolute Gasteiger partial charge is 0.412 e. The maximum atomic E-state index is 11.7. The molecule has 0 aliphatic heterocycles. The number of carbonyl (C=O) groups excluding carboxylic acids is 1. The second kappa shape index (κ2) is 6.93. The van der Waals surface area contributed by atoms with Crippen LogP contribution in [0.2, 0.25) is 0 Å². The SMILES string of the molecule is CC(N=Cc1cc(NC(=O)OC(C)(C)C)ccc1N)C(=O)O. The van der Waals surface area contributed by atoms with Gasteiger partial charge >= 0.3 is 12.1 Å². The number of carboxylic acids is 1. The van der Waals surface area contributed by atoms with E-state index < -0.39 is 23.7 Å². The molecule has 7 nitrogen and oxygen atoms in total. The van der Waals surface area contributed by atoms with Gasteiger partial charge in [0.1, 0.15) is 11.6 Å². The van der Waals surface area contributed by atoms with E-state index in [1.807, 2.05) is 0 Å². The van der Waals surface area contributed by atoms with E-state index in [1.54, 1.807) is 39.0 Å². The van der Waals surface area contributed by atoms with E-state index in [-0.39, 0.29) is 0 Å². The highest BCUT2D eigenvalue weighted by atomic mass is 16.6. The average molecular weight is 307 g/mol. The van der Waals surface area contributed by atoms with E-state index >= 15 is 0 Å². The largest absolute Gasteiger partial charge is 0.480 e. The van der Waals surface area contributed by atoms with Crippen LogP contribution >= 0.6 is 0 Å². The quantitative estimate of drug-likeness (QED) is 0.584. The van der Waals surface area contributed by atoms with Crippen LogP contribution in [-0.4, -0.2) is 35.0 Å². The Hall–Kier alpha value is -2.57. The summed E-state index contributed by atoms with van der Waals surface area (Å²) >= 11 is 0. The molecule has 1 amide bonds. The van der Waals surface area contributed by atoms with Crippen LogP contribution in [0.1, 0.15) is 33.3 Å². The summed E-state index contributed by atoms with van der Waals surface area (Å²) in [4.78, 5) is 26.3. The number of rotatable bonds is 4. The molecule has 1 rings (SSSR count). The second-order valence-electron chi connectivity index (χ2n) is 5.76. The van der Waals surface area contributed by atoms with Crippen molar-refractivity contribution >= 4 is 29.7 Å². The van der Waals surface area contributed by atoms with Gasteiger partial charge in [0.15, 0.2) is 0 Å². The summed E-state index contributed by atoms with van der Waals surface area (Å²) in [5.74, 6) is -1.03. The van der Waals surface area contributed by atoms with Crippen LogP contribution in [0, 0.1) is 0 Å². The molecule has 0 aliphatic carbocycles. The van der Waals surface area contributed by atoms with Gasteiger partial charge in [-0.2, -0.15) is 0 Å². The van der Waals surface area contributed by atoms with Crippen LogP contribution in [0.25, 0.3) is 0 Å². The van der Waals surface area contributed by atoms with Crippen LogP contribution in [-0.2, 0) is 9.53 Å². The monoisotopic (exact) mass is 307 g/mol. The average Bonchev–Trinajstić information content (AvgIpc) is 2.36. The van der Waals surface area contributed by atoms with Gasteiger partial charge in [-0.15, -0.1) is 0 Å². The third-order valence-electron chi connectivity index (χ3n) is 2.53. The lowest BCUT2D eigenvalue weighted by atomic mass is 10.1. The Kier molecular flexibility index (Phi) is 5.50. The number of amides is 1. The zero-order chi connectivity index (χ0) is 16.9. The Morgan fingerprint density at radius 2 is 2.05 bits per heavy atom. The van der Waals surface area contributed by atoms with Gasteiger partial charge in [0.05, 0.1) is 0 Å². The lowest BCUT2D eigenvalue weighted by Gasteiger charge is -2.19. The summed E-state index contributed by atoms with van der Waals surface area (Å²) in [5, 5.41) is 11.4. The first-order valence-corrected chi connectivity index (χ1v) is 6.74. The molecule has 1 aromatic carbocycles. The van der Waals surface area contributed by atoms with Crippen LogP contribution < -0.4 is 11.1 Å². The first-order valence-electron chi connectivity index (χ1n) is 6.74. The van der Waals surface area contributed by atoms with Gasteiger partial charge in [-0.05, 0) is 45.9 Å². The molecule has 22 heavy (non-hydrogen) atoms.